The first kappa shape index (κ1) is 33.5. The highest BCUT2D eigenvalue weighted by atomic mass is 35.5. The second-order valence-electron chi connectivity index (χ2n) is 10.2. The van der Waals surface area contributed by atoms with E-state index in [0.717, 1.165) is 21.9 Å². The number of thiazole rings is 1. The van der Waals surface area contributed by atoms with Crippen molar-refractivity contribution in [1.29, 1.82) is 0 Å². The zero-order valence-corrected chi connectivity index (χ0v) is 27.9. The van der Waals surface area contributed by atoms with Crippen LogP contribution in [0.5, 0.6) is 5.75 Å². The smallest absolute Gasteiger partial charge is 0.272 e. The van der Waals surface area contributed by atoms with Crippen LogP contribution in [-0.4, -0.2) is 35.1 Å². The number of halogens is 1. The maximum atomic E-state index is 13.5. The summed E-state index contributed by atoms with van der Waals surface area (Å²) in [6.45, 7) is 1.94. The molecule has 3 amide bonds. The number of aromatic nitrogens is 1. The molecule has 0 fully saturated rings. The molecule has 0 aliphatic heterocycles. The van der Waals surface area contributed by atoms with E-state index < -0.39 is 17.1 Å². The molecule has 4 aromatic carbocycles. The Kier molecular flexibility index (Phi) is 11.5. The largest absolute Gasteiger partial charge is 0.497 e. The Morgan fingerprint density at radius 2 is 1.70 bits per heavy atom. The lowest BCUT2D eigenvalue weighted by molar-refractivity contribution is -0.116. The molecule has 0 saturated carbocycles. The molecule has 1 unspecified atom stereocenters. The highest BCUT2D eigenvalue weighted by molar-refractivity contribution is 8.00. The van der Waals surface area contributed by atoms with Crippen LogP contribution in [0.4, 0.5) is 10.8 Å². The minimum absolute atomic E-state index is 0.0439. The Bertz CT molecular complexity index is 1890. The van der Waals surface area contributed by atoms with Crippen molar-refractivity contribution in [2.45, 2.75) is 23.5 Å². The summed E-state index contributed by atoms with van der Waals surface area (Å²) in [5.74, 6) is -0.352. The molecule has 238 valence electrons. The third-order valence-electron chi connectivity index (χ3n) is 6.84. The van der Waals surface area contributed by atoms with Crippen LogP contribution in [-0.2, 0) is 9.59 Å². The lowest BCUT2D eigenvalue weighted by atomic mass is 10.1. The Morgan fingerprint density at radius 3 is 2.43 bits per heavy atom. The third kappa shape index (κ3) is 9.32. The number of carbonyl (C=O) groups excluding carboxylic acids is 3. The van der Waals surface area contributed by atoms with E-state index in [2.05, 4.69) is 20.9 Å². The number of thioether (sulfide) groups is 1. The molecule has 0 aliphatic carbocycles. The van der Waals surface area contributed by atoms with E-state index in [1.807, 2.05) is 48.7 Å². The monoisotopic (exact) mass is 682 g/mol. The van der Waals surface area contributed by atoms with Gasteiger partial charge < -0.3 is 20.7 Å². The van der Waals surface area contributed by atoms with Gasteiger partial charge in [-0.3, -0.25) is 14.4 Å². The fourth-order valence-electron chi connectivity index (χ4n) is 4.45. The van der Waals surface area contributed by atoms with Crippen LogP contribution in [0.2, 0.25) is 5.02 Å². The summed E-state index contributed by atoms with van der Waals surface area (Å²) in [5.41, 5.74) is 3.30. The molecular weight excluding hydrogens is 652 g/mol. The second-order valence-corrected chi connectivity index (χ2v) is 12.8. The molecule has 1 heterocycles. The molecule has 11 heteroatoms. The average molecular weight is 683 g/mol. The van der Waals surface area contributed by atoms with E-state index in [4.69, 9.17) is 16.3 Å². The fraction of sp³-hybridized carbons (Fsp3) is 0.111. The predicted molar refractivity (Wildman–Crippen MR) is 191 cm³/mol. The van der Waals surface area contributed by atoms with Gasteiger partial charge in [0.25, 0.3) is 11.8 Å². The predicted octanol–water partition coefficient (Wildman–Crippen LogP) is 8.39. The Morgan fingerprint density at radius 1 is 0.936 bits per heavy atom. The van der Waals surface area contributed by atoms with E-state index in [1.54, 1.807) is 79.9 Å². The van der Waals surface area contributed by atoms with Crippen molar-refractivity contribution in [3.8, 4) is 17.0 Å². The molecule has 5 aromatic rings. The fourth-order valence-corrected chi connectivity index (χ4v) is 6.38. The minimum atomic E-state index is -0.516. The first-order chi connectivity index (χ1) is 22.8. The average Bonchev–Trinajstić information content (AvgIpc) is 3.55. The van der Waals surface area contributed by atoms with Gasteiger partial charge in [-0.1, -0.05) is 54.9 Å². The van der Waals surface area contributed by atoms with Crippen LogP contribution in [0.15, 0.2) is 119 Å². The van der Waals surface area contributed by atoms with Crippen LogP contribution in [0.25, 0.3) is 17.3 Å². The molecule has 1 aromatic heterocycles. The van der Waals surface area contributed by atoms with Crippen molar-refractivity contribution < 1.29 is 19.1 Å². The van der Waals surface area contributed by atoms with Crippen LogP contribution < -0.4 is 20.7 Å². The van der Waals surface area contributed by atoms with Gasteiger partial charge in [-0.25, -0.2) is 4.98 Å². The summed E-state index contributed by atoms with van der Waals surface area (Å²) >= 11 is 8.90. The molecule has 3 N–H and O–H groups in total. The van der Waals surface area contributed by atoms with Gasteiger partial charge in [0.15, 0.2) is 5.13 Å². The number of carbonyl (C=O) groups is 3. The molecule has 0 radical (unpaired) electrons. The van der Waals surface area contributed by atoms with E-state index in [9.17, 15) is 14.4 Å². The SMILES string of the molecule is CCC(Sc1cccc(NC(=O)/C(=C/c2cccc(Cl)c2)NC(=O)c2ccccc2)c1)C(=O)Nc1nc(-c2ccc(OC)cc2)cs1. The molecule has 0 aliphatic rings. The van der Waals surface area contributed by atoms with Crippen molar-refractivity contribution in [2.24, 2.45) is 0 Å². The van der Waals surface area contributed by atoms with Crippen LogP contribution in [0, 0.1) is 0 Å². The number of methoxy groups -OCH3 is 1. The van der Waals surface area contributed by atoms with Crippen LogP contribution in [0.1, 0.15) is 29.3 Å². The number of amides is 3. The van der Waals surface area contributed by atoms with Crippen LogP contribution >= 0.6 is 34.7 Å². The topological polar surface area (TPSA) is 109 Å². The molecular formula is C36H31ClN4O4S2. The number of benzene rings is 4. The van der Waals surface area contributed by atoms with Gasteiger partial charge in [-0.15, -0.1) is 23.1 Å². The lowest BCUT2D eigenvalue weighted by Gasteiger charge is -2.15. The van der Waals surface area contributed by atoms with E-state index >= 15 is 0 Å². The molecule has 47 heavy (non-hydrogen) atoms. The van der Waals surface area contributed by atoms with Gasteiger partial charge >= 0.3 is 0 Å². The highest BCUT2D eigenvalue weighted by Crippen LogP contribution is 2.31. The summed E-state index contributed by atoms with van der Waals surface area (Å²) in [7, 11) is 1.62. The second kappa shape index (κ2) is 16.1. The zero-order chi connectivity index (χ0) is 33.2. The number of anilines is 2. The minimum Gasteiger partial charge on any atom is -0.497 e. The summed E-state index contributed by atoms with van der Waals surface area (Å²) in [6.07, 6.45) is 2.14. The molecule has 0 saturated heterocycles. The number of hydrogen-bond acceptors (Lipinski definition) is 7. The Labute approximate surface area is 286 Å². The van der Waals surface area contributed by atoms with Gasteiger partial charge in [0, 0.05) is 32.1 Å². The number of hydrogen-bond donors (Lipinski definition) is 3. The molecule has 0 bridgehead atoms. The van der Waals surface area contributed by atoms with Crippen molar-refractivity contribution in [2.75, 3.05) is 17.7 Å². The molecule has 5 rings (SSSR count). The Balaban J connectivity index is 1.26. The summed E-state index contributed by atoms with van der Waals surface area (Å²) in [4.78, 5) is 45.1. The van der Waals surface area contributed by atoms with E-state index in [0.29, 0.717) is 33.4 Å². The number of nitrogens with one attached hydrogen (secondary N) is 3. The highest BCUT2D eigenvalue weighted by Gasteiger charge is 2.21. The van der Waals surface area contributed by atoms with Crippen molar-refractivity contribution in [1.82, 2.24) is 10.3 Å². The molecule has 1 atom stereocenters. The molecule has 8 nitrogen and oxygen atoms in total. The van der Waals surface area contributed by atoms with Gasteiger partial charge in [0.05, 0.1) is 18.1 Å². The standard InChI is InChI=1S/C36H31ClN4O4S2/c1-3-32(35(44)41-36-40-31(22-46-36)24-15-17-28(45-2)18-16-24)47-29-14-8-13-27(21-29)38-34(43)30(20-23-9-7-12-26(37)19-23)39-33(42)25-10-5-4-6-11-25/h4-22,32H,3H2,1-2H3,(H,38,43)(H,39,42)(H,40,41,44)/b30-20-. The van der Waals surface area contributed by atoms with Gasteiger partial charge in [-0.2, -0.15) is 0 Å². The maximum Gasteiger partial charge on any atom is 0.272 e. The number of rotatable bonds is 12. The van der Waals surface area contributed by atoms with Crippen molar-refractivity contribution in [3.05, 3.63) is 130 Å². The summed E-state index contributed by atoms with van der Waals surface area (Å²) in [6, 6.07) is 30.4. The normalized spacial score (nSPS) is 11.8. The molecule has 0 spiro atoms. The van der Waals surface area contributed by atoms with Crippen molar-refractivity contribution >= 4 is 69.3 Å². The number of ether oxygens (including phenoxy) is 1. The van der Waals surface area contributed by atoms with Crippen molar-refractivity contribution in [3.63, 3.8) is 0 Å². The first-order valence-corrected chi connectivity index (χ1v) is 16.8. The van der Waals surface area contributed by atoms with E-state index in [-0.39, 0.29) is 11.6 Å². The summed E-state index contributed by atoms with van der Waals surface area (Å²) in [5, 5.41) is 11.1. The number of nitrogens with zero attached hydrogens (tertiary/aromatic N) is 1. The third-order valence-corrected chi connectivity index (χ3v) is 9.19. The lowest BCUT2D eigenvalue weighted by Crippen LogP contribution is -2.30. The van der Waals surface area contributed by atoms with Gasteiger partial charge in [0.2, 0.25) is 5.91 Å². The summed E-state index contributed by atoms with van der Waals surface area (Å²) < 4.78 is 5.22. The van der Waals surface area contributed by atoms with E-state index in [1.165, 1.54) is 23.1 Å². The zero-order valence-electron chi connectivity index (χ0n) is 25.5. The van der Waals surface area contributed by atoms with Crippen LogP contribution in [0.3, 0.4) is 0 Å². The maximum absolute atomic E-state index is 13.5. The van der Waals surface area contributed by atoms with Gasteiger partial charge in [-0.05, 0) is 84.8 Å². The Hall–Kier alpha value is -4.90. The quantitative estimate of drug-likeness (QED) is 0.0901. The van der Waals surface area contributed by atoms with Gasteiger partial charge in [0.1, 0.15) is 11.4 Å². The first-order valence-electron chi connectivity index (χ1n) is 14.6.